The predicted octanol–water partition coefficient (Wildman–Crippen LogP) is 4.62. The smallest absolute Gasteiger partial charge is 0.333 e. The number of furan rings is 1. The third-order valence-electron chi connectivity index (χ3n) is 6.41. The fourth-order valence-corrected chi connectivity index (χ4v) is 5.11. The second-order valence-electron chi connectivity index (χ2n) is 8.30. The van der Waals surface area contributed by atoms with Crippen LogP contribution >= 0.6 is 0 Å². The maximum atomic E-state index is 11.3. The van der Waals surface area contributed by atoms with Gasteiger partial charge in [-0.15, -0.1) is 0 Å². The van der Waals surface area contributed by atoms with Gasteiger partial charge in [0.05, 0.1) is 6.54 Å². The van der Waals surface area contributed by atoms with Crippen molar-refractivity contribution in [3.05, 3.63) is 35.6 Å². The predicted molar refractivity (Wildman–Crippen MR) is 108 cm³/mol. The largest absolute Gasteiger partial charge is 0.479 e. The standard InChI is InChI=1S/C23H31NO4/c1-2-27-22(23(25)26)13-16-9-10-21-18(12-16)14-19(28-21)15-24-11-5-7-17-6-3-4-8-20(17)24/h9-10,12,14,17,20,22H,2-8,11,13,15H2,1H3,(H,25,26). The number of aliphatic carboxylic acids is 1. The van der Waals surface area contributed by atoms with Crippen molar-refractivity contribution in [2.24, 2.45) is 5.92 Å². The molecule has 1 aromatic carbocycles. The highest BCUT2D eigenvalue weighted by Crippen LogP contribution is 2.36. The monoisotopic (exact) mass is 385 g/mol. The SMILES string of the molecule is CCOC(Cc1ccc2oc(CN3CCCC4CCCCC43)cc2c1)C(=O)O. The fourth-order valence-electron chi connectivity index (χ4n) is 5.11. The van der Waals surface area contributed by atoms with Gasteiger partial charge in [0.15, 0.2) is 6.10 Å². The maximum Gasteiger partial charge on any atom is 0.333 e. The van der Waals surface area contributed by atoms with Crippen LogP contribution in [0.2, 0.25) is 0 Å². The van der Waals surface area contributed by atoms with Crippen LogP contribution in [0.1, 0.15) is 56.8 Å². The summed E-state index contributed by atoms with van der Waals surface area (Å²) in [4.78, 5) is 14.0. The average molecular weight is 386 g/mol. The van der Waals surface area contributed by atoms with Gasteiger partial charge in [0.25, 0.3) is 0 Å². The van der Waals surface area contributed by atoms with Crippen LogP contribution in [0.5, 0.6) is 0 Å². The molecule has 0 bridgehead atoms. The molecule has 1 aliphatic carbocycles. The molecule has 0 amide bonds. The van der Waals surface area contributed by atoms with E-state index in [4.69, 9.17) is 9.15 Å². The Morgan fingerprint density at radius 3 is 2.89 bits per heavy atom. The minimum atomic E-state index is -0.915. The van der Waals surface area contributed by atoms with Gasteiger partial charge in [-0.3, -0.25) is 4.90 Å². The molecule has 152 valence electrons. The second kappa shape index (κ2) is 8.66. The van der Waals surface area contributed by atoms with Crippen molar-refractivity contribution >= 4 is 16.9 Å². The zero-order valence-corrected chi connectivity index (χ0v) is 16.7. The highest BCUT2D eigenvalue weighted by Gasteiger charge is 2.33. The highest BCUT2D eigenvalue weighted by atomic mass is 16.5. The lowest BCUT2D eigenvalue weighted by Crippen LogP contribution is -2.46. The quantitative estimate of drug-likeness (QED) is 0.753. The molecule has 1 aliphatic heterocycles. The lowest BCUT2D eigenvalue weighted by molar-refractivity contribution is -0.149. The van der Waals surface area contributed by atoms with Crippen LogP contribution in [0, 0.1) is 5.92 Å². The van der Waals surface area contributed by atoms with Crippen LogP contribution in [0.3, 0.4) is 0 Å². The summed E-state index contributed by atoms with van der Waals surface area (Å²) in [7, 11) is 0. The van der Waals surface area contributed by atoms with E-state index < -0.39 is 12.1 Å². The second-order valence-corrected chi connectivity index (χ2v) is 8.30. The number of likely N-dealkylation sites (tertiary alicyclic amines) is 1. The average Bonchev–Trinajstić information content (AvgIpc) is 3.09. The number of ether oxygens (including phenoxy) is 1. The fraction of sp³-hybridized carbons (Fsp3) is 0.609. The van der Waals surface area contributed by atoms with E-state index in [0.717, 1.165) is 41.3 Å². The molecule has 1 saturated carbocycles. The minimum Gasteiger partial charge on any atom is -0.479 e. The summed E-state index contributed by atoms with van der Waals surface area (Å²) in [5, 5.41) is 10.4. The van der Waals surface area contributed by atoms with E-state index >= 15 is 0 Å². The van der Waals surface area contributed by atoms with Gasteiger partial charge >= 0.3 is 5.97 Å². The third kappa shape index (κ3) is 4.26. The minimum absolute atomic E-state index is 0.371. The van der Waals surface area contributed by atoms with Crippen LogP contribution in [-0.4, -0.2) is 41.3 Å². The first-order valence-corrected chi connectivity index (χ1v) is 10.7. The van der Waals surface area contributed by atoms with Gasteiger partial charge in [-0.2, -0.15) is 0 Å². The number of hydrogen-bond acceptors (Lipinski definition) is 4. The summed E-state index contributed by atoms with van der Waals surface area (Å²) >= 11 is 0. The number of carbonyl (C=O) groups is 1. The first kappa shape index (κ1) is 19.5. The summed E-state index contributed by atoms with van der Waals surface area (Å²) in [6.45, 7) is 4.26. The van der Waals surface area contributed by atoms with E-state index in [1.165, 1.54) is 38.5 Å². The van der Waals surface area contributed by atoms with E-state index in [1.807, 2.05) is 25.1 Å². The van der Waals surface area contributed by atoms with Gasteiger partial charge in [0.2, 0.25) is 0 Å². The molecular formula is C23H31NO4. The van der Waals surface area contributed by atoms with Crippen molar-refractivity contribution in [3.8, 4) is 0 Å². The number of benzene rings is 1. The number of rotatable bonds is 7. The summed E-state index contributed by atoms with van der Waals surface area (Å²) in [5.74, 6) is 0.963. The van der Waals surface area contributed by atoms with Crippen LogP contribution in [0.25, 0.3) is 11.0 Å². The number of hydrogen-bond donors (Lipinski definition) is 1. The Hall–Kier alpha value is -1.85. The number of carboxylic acid groups (broad SMARTS) is 1. The Balaban J connectivity index is 1.48. The molecule has 2 aliphatic rings. The zero-order chi connectivity index (χ0) is 19.5. The van der Waals surface area contributed by atoms with Crippen LogP contribution in [-0.2, 0) is 22.5 Å². The topological polar surface area (TPSA) is 62.9 Å². The van der Waals surface area contributed by atoms with E-state index in [9.17, 15) is 9.90 Å². The van der Waals surface area contributed by atoms with Crippen molar-refractivity contribution < 1.29 is 19.1 Å². The maximum absolute atomic E-state index is 11.3. The van der Waals surface area contributed by atoms with Crippen LogP contribution in [0.4, 0.5) is 0 Å². The van der Waals surface area contributed by atoms with Crippen LogP contribution < -0.4 is 0 Å². The normalized spacial score (nSPS) is 24.2. The van der Waals surface area contributed by atoms with Crippen molar-refractivity contribution in [1.29, 1.82) is 0 Å². The van der Waals surface area contributed by atoms with Gasteiger partial charge in [-0.05, 0) is 68.8 Å². The highest BCUT2D eigenvalue weighted by molar-refractivity contribution is 5.79. The Bertz CT molecular complexity index is 812. The van der Waals surface area contributed by atoms with Gasteiger partial charge in [-0.1, -0.05) is 18.9 Å². The van der Waals surface area contributed by atoms with E-state index in [1.54, 1.807) is 0 Å². The van der Waals surface area contributed by atoms with Gasteiger partial charge in [-0.25, -0.2) is 4.79 Å². The molecule has 3 unspecified atom stereocenters. The molecule has 3 atom stereocenters. The molecule has 1 N–H and O–H groups in total. The van der Waals surface area contributed by atoms with Gasteiger partial charge in [0.1, 0.15) is 11.3 Å². The Morgan fingerprint density at radius 2 is 2.07 bits per heavy atom. The Kier molecular flexibility index (Phi) is 6.02. The molecule has 28 heavy (non-hydrogen) atoms. The Labute approximate surface area is 166 Å². The summed E-state index contributed by atoms with van der Waals surface area (Å²) < 4.78 is 11.5. The summed E-state index contributed by atoms with van der Waals surface area (Å²) in [6, 6.07) is 8.79. The molecule has 0 spiro atoms. The first-order chi connectivity index (χ1) is 13.6. The lowest BCUT2D eigenvalue weighted by atomic mass is 9.78. The lowest BCUT2D eigenvalue weighted by Gasteiger charge is -2.43. The number of piperidine rings is 1. The Morgan fingerprint density at radius 1 is 1.25 bits per heavy atom. The van der Waals surface area contributed by atoms with Crippen LogP contribution in [0.15, 0.2) is 28.7 Å². The number of nitrogens with zero attached hydrogens (tertiary/aromatic N) is 1. The molecule has 2 fully saturated rings. The van der Waals surface area contributed by atoms with E-state index in [2.05, 4.69) is 11.0 Å². The molecule has 0 radical (unpaired) electrons. The van der Waals surface area contributed by atoms with Crippen molar-refractivity contribution in [3.63, 3.8) is 0 Å². The van der Waals surface area contributed by atoms with E-state index in [0.29, 0.717) is 19.1 Å². The molecule has 2 heterocycles. The molecule has 5 heteroatoms. The third-order valence-corrected chi connectivity index (χ3v) is 6.41. The van der Waals surface area contributed by atoms with Crippen molar-refractivity contribution in [2.45, 2.75) is 70.6 Å². The number of carboxylic acids is 1. The van der Waals surface area contributed by atoms with E-state index in [-0.39, 0.29) is 0 Å². The summed E-state index contributed by atoms with van der Waals surface area (Å²) in [6.07, 6.45) is 7.70. The first-order valence-electron chi connectivity index (χ1n) is 10.7. The zero-order valence-electron chi connectivity index (χ0n) is 16.7. The molecule has 2 aromatic rings. The van der Waals surface area contributed by atoms with Gasteiger partial charge in [0, 0.05) is 24.5 Å². The molecule has 1 aromatic heterocycles. The molecule has 1 saturated heterocycles. The van der Waals surface area contributed by atoms with Crippen molar-refractivity contribution in [1.82, 2.24) is 4.90 Å². The molecule has 5 nitrogen and oxygen atoms in total. The van der Waals surface area contributed by atoms with Gasteiger partial charge < -0.3 is 14.3 Å². The number of fused-ring (bicyclic) bond motifs is 2. The summed E-state index contributed by atoms with van der Waals surface area (Å²) in [5.41, 5.74) is 1.84. The molecular weight excluding hydrogens is 354 g/mol. The van der Waals surface area contributed by atoms with Crippen molar-refractivity contribution in [2.75, 3.05) is 13.2 Å². The molecule has 4 rings (SSSR count).